The van der Waals surface area contributed by atoms with E-state index in [9.17, 15) is 0 Å². The third-order valence-corrected chi connectivity index (χ3v) is 2.36. The van der Waals surface area contributed by atoms with Crippen molar-refractivity contribution in [2.24, 2.45) is 11.7 Å². The predicted octanol–water partition coefficient (Wildman–Crippen LogP) is 1.36. The van der Waals surface area contributed by atoms with Crippen molar-refractivity contribution in [3.05, 3.63) is 29.6 Å². The third-order valence-electron chi connectivity index (χ3n) is 2.36. The van der Waals surface area contributed by atoms with Gasteiger partial charge in [0.05, 0.1) is 5.69 Å². The van der Waals surface area contributed by atoms with Gasteiger partial charge in [-0.15, -0.1) is 0 Å². The van der Waals surface area contributed by atoms with Crippen LogP contribution in [0.15, 0.2) is 18.2 Å². The Morgan fingerprint density at radius 3 is 2.92 bits per heavy atom. The van der Waals surface area contributed by atoms with Crippen LogP contribution in [-0.4, -0.2) is 4.98 Å². The van der Waals surface area contributed by atoms with Crippen molar-refractivity contribution in [1.29, 1.82) is 5.26 Å². The van der Waals surface area contributed by atoms with Crippen LogP contribution in [0.25, 0.3) is 0 Å². The highest BCUT2D eigenvalue weighted by molar-refractivity contribution is 5.24. The van der Waals surface area contributed by atoms with E-state index in [4.69, 9.17) is 11.0 Å². The molecule has 3 nitrogen and oxygen atoms in total. The van der Waals surface area contributed by atoms with Gasteiger partial charge in [0, 0.05) is 6.04 Å². The van der Waals surface area contributed by atoms with E-state index in [1.54, 1.807) is 6.07 Å². The van der Waals surface area contributed by atoms with Gasteiger partial charge in [0.15, 0.2) is 0 Å². The maximum Gasteiger partial charge on any atom is 0.140 e. The highest BCUT2D eigenvalue weighted by Crippen LogP contribution is 2.38. The lowest BCUT2D eigenvalue weighted by Crippen LogP contribution is -2.14. The average molecular weight is 173 g/mol. The van der Waals surface area contributed by atoms with Crippen molar-refractivity contribution in [2.75, 3.05) is 0 Å². The molecule has 0 unspecified atom stereocenters. The molecule has 1 heterocycles. The Labute approximate surface area is 77.2 Å². The number of rotatable bonds is 2. The molecular weight excluding hydrogens is 162 g/mol. The Kier molecular flexibility index (Phi) is 1.99. The van der Waals surface area contributed by atoms with Gasteiger partial charge in [-0.25, -0.2) is 4.98 Å². The van der Waals surface area contributed by atoms with Gasteiger partial charge in [-0.2, -0.15) is 5.26 Å². The fraction of sp³-hybridized carbons (Fsp3) is 0.400. The standard InChI is InChI=1S/C10H11N3/c11-6-8-2-1-3-9(13-8)10(12)7-4-5-7/h1-3,7,10H,4-5,12H2/t10-/m0/s1. The summed E-state index contributed by atoms with van der Waals surface area (Å²) < 4.78 is 0. The molecule has 0 aliphatic heterocycles. The zero-order valence-corrected chi connectivity index (χ0v) is 7.27. The second kappa shape index (κ2) is 3.15. The summed E-state index contributed by atoms with van der Waals surface area (Å²) in [6, 6.07) is 7.46. The Bertz CT molecular complexity index is 349. The molecule has 0 saturated heterocycles. The SMILES string of the molecule is N#Cc1cccc([C@@H](N)C2CC2)n1. The molecule has 1 atom stereocenters. The number of hydrogen-bond acceptors (Lipinski definition) is 3. The molecule has 1 saturated carbocycles. The second-order valence-electron chi connectivity index (χ2n) is 3.42. The van der Waals surface area contributed by atoms with Crippen LogP contribution in [0.4, 0.5) is 0 Å². The lowest BCUT2D eigenvalue weighted by atomic mass is 10.1. The van der Waals surface area contributed by atoms with Gasteiger partial charge in [0.2, 0.25) is 0 Å². The molecular formula is C10H11N3. The highest BCUT2D eigenvalue weighted by Gasteiger charge is 2.30. The number of nitriles is 1. The summed E-state index contributed by atoms with van der Waals surface area (Å²) in [4.78, 5) is 4.17. The molecule has 1 fully saturated rings. The largest absolute Gasteiger partial charge is 0.322 e. The van der Waals surface area contributed by atoms with Crippen molar-refractivity contribution in [1.82, 2.24) is 4.98 Å². The quantitative estimate of drug-likeness (QED) is 0.734. The molecule has 0 amide bonds. The van der Waals surface area contributed by atoms with Crippen LogP contribution in [0.5, 0.6) is 0 Å². The van der Waals surface area contributed by atoms with E-state index in [1.807, 2.05) is 18.2 Å². The zero-order valence-electron chi connectivity index (χ0n) is 7.27. The summed E-state index contributed by atoms with van der Waals surface area (Å²) in [7, 11) is 0. The minimum atomic E-state index is 0.0216. The van der Waals surface area contributed by atoms with Crippen LogP contribution in [0, 0.1) is 17.2 Å². The summed E-state index contributed by atoms with van der Waals surface area (Å²) in [5.41, 5.74) is 7.25. The maximum atomic E-state index is 8.64. The smallest absolute Gasteiger partial charge is 0.140 e. The molecule has 13 heavy (non-hydrogen) atoms. The lowest BCUT2D eigenvalue weighted by molar-refractivity contribution is 0.614. The van der Waals surface area contributed by atoms with E-state index in [-0.39, 0.29) is 6.04 Å². The fourth-order valence-corrected chi connectivity index (χ4v) is 1.40. The van der Waals surface area contributed by atoms with E-state index in [1.165, 1.54) is 12.8 Å². The number of nitrogens with two attached hydrogens (primary N) is 1. The maximum absolute atomic E-state index is 8.64. The van der Waals surface area contributed by atoms with E-state index in [2.05, 4.69) is 4.98 Å². The molecule has 1 aromatic heterocycles. The van der Waals surface area contributed by atoms with Crippen molar-refractivity contribution in [3.63, 3.8) is 0 Å². The van der Waals surface area contributed by atoms with Crippen LogP contribution in [0.2, 0.25) is 0 Å². The Morgan fingerprint density at radius 2 is 2.31 bits per heavy atom. The van der Waals surface area contributed by atoms with E-state index < -0.39 is 0 Å². The minimum Gasteiger partial charge on any atom is -0.322 e. The van der Waals surface area contributed by atoms with Crippen LogP contribution in [0.1, 0.15) is 30.3 Å². The van der Waals surface area contributed by atoms with E-state index >= 15 is 0 Å². The van der Waals surface area contributed by atoms with Crippen molar-refractivity contribution < 1.29 is 0 Å². The summed E-state index contributed by atoms with van der Waals surface area (Å²) in [6.07, 6.45) is 2.39. The third kappa shape index (κ3) is 1.68. The van der Waals surface area contributed by atoms with Crippen molar-refractivity contribution in [3.8, 4) is 6.07 Å². The molecule has 3 heteroatoms. The molecule has 0 aromatic carbocycles. The Morgan fingerprint density at radius 1 is 1.54 bits per heavy atom. The van der Waals surface area contributed by atoms with Gasteiger partial charge in [-0.3, -0.25) is 0 Å². The molecule has 66 valence electrons. The van der Waals surface area contributed by atoms with Gasteiger partial charge < -0.3 is 5.73 Å². The zero-order chi connectivity index (χ0) is 9.26. The normalized spacial score (nSPS) is 17.8. The highest BCUT2D eigenvalue weighted by atomic mass is 14.8. The average Bonchev–Trinajstić information content (AvgIpc) is 3.00. The fourth-order valence-electron chi connectivity index (χ4n) is 1.40. The Balaban J connectivity index is 2.24. The lowest BCUT2D eigenvalue weighted by Gasteiger charge is -2.08. The van der Waals surface area contributed by atoms with E-state index in [0.29, 0.717) is 11.6 Å². The topological polar surface area (TPSA) is 62.7 Å². The number of nitrogens with zero attached hydrogens (tertiary/aromatic N) is 2. The van der Waals surface area contributed by atoms with Gasteiger partial charge in [0.1, 0.15) is 11.8 Å². The molecule has 1 aromatic rings. The van der Waals surface area contributed by atoms with Crippen LogP contribution < -0.4 is 5.73 Å². The first-order valence-electron chi connectivity index (χ1n) is 4.44. The first-order chi connectivity index (χ1) is 6.31. The number of pyridine rings is 1. The van der Waals surface area contributed by atoms with Crippen LogP contribution >= 0.6 is 0 Å². The predicted molar refractivity (Wildman–Crippen MR) is 48.6 cm³/mol. The monoisotopic (exact) mass is 173 g/mol. The summed E-state index contributed by atoms with van der Waals surface area (Å²) in [5.74, 6) is 0.585. The van der Waals surface area contributed by atoms with Crippen molar-refractivity contribution >= 4 is 0 Å². The van der Waals surface area contributed by atoms with Gasteiger partial charge in [-0.1, -0.05) is 6.07 Å². The molecule has 2 rings (SSSR count). The van der Waals surface area contributed by atoms with Gasteiger partial charge >= 0.3 is 0 Å². The van der Waals surface area contributed by atoms with Gasteiger partial charge in [-0.05, 0) is 30.9 Å². The van der Waals surface area contributed by atoms with E-state index in [0.717, 1.165) is 5.69 Å². The summed E-state index contributed by atoms with van der Waals surface area (Å²) in [6.45, 7) is 0. The molecule has 0 spiro atoms. The molecule has 0 bridgehead atoms. The first-order valence-corrected chi connectivity index (χ1v) is 4.44. The Hall–Kier alpha value is -1.40. The second-order valence-corrected chi connectivity index (χ2v) is 3.42. The van der Waals surface area contributed by atoms with Gasteiger partial charge in [0.25, 0.3) is 0 Å². The summed E-state index contributed by atoms with van der Waals surface area (Å²) in [5, 5.41) is 8.64. The molecule has 1 aliphatic carbocycles. The van der Waals surface area contributed by atoms with Crippen LogP contribution in [0.3, 0.4) is 0 Å². The first kappa shape index (κ1) is 8.21. The molecule has 2 N–H and O–H groups in total. The molecule has 0 radical (unpaired) electrons. The van der Waals surface area contributed by atoms with Crippen molar-refractivity contribution in [2.45, 2.75) is 18.9 Å². The minimum absolute atomic E-state index is 0.0216. The number of hydrogen-bond donors (Lipinski definition) is 1. The molecule has 1 aliphatic rings. The van der Waals surface area contributed by atoms with Crippen LogP contribution in [-0.2, 0) is 0 Å². The summed E-state index contributed by atoms with van der Waals surface area (Å²) >= 11 is 0. The number of aromatic nitrogens is 1.